The monoisotopic (exact) mass is 307 g/mol. The molecule has 0 aliphatic heterocycles. The summed E-state index contributed by atoms with van der Waals surface area (Å²) in [5.41, 5.74) is 6.96. The Kier molecular flexibility index (Phi) is 4.47. The maximum absolute atomic E-state index is 12.0. The van der Waals surface area contributed by atoms with Crippen LogP contribution in [0.4, 0.5) is 5.00 Å². The quantitative estimate of drug-likeness (QED) is 0.829. The van der Waals surface area contributed by atoms with Gasteiger partial charge in [0.25, 0.3) is 0 Å². The van der Waals surface area contributed by atoms with Gasteiger partial charge in [0.15, 0.2) is 0 Å². The molecule has 0 aliphatic rings. The van der Waals surface area contributed by atoms with E-state index >= 15 is 0 Å². The van der Waals surface area contributed by atoms with Gasteiger partial charge < -0.3 is 20.4 Å². The minimum atomic E-state index is -0.496. The molecular weight excluding hydrogens is 290 g/mol. The lowest BCUT2D eigenvalue weighted by atomic mass is 10.0. The van der Waals surface area contributed by atoms with Crippen molar-refractivity contribution in [3.63, 3.8) is 0 Å². The van der Waals surface area contributed by atoms with E-state index in [-0.39, 0.29) is 23.7 Å². The minimum Gasteiger partial charge on any atom is -0.506 e. The predicted octanol–water partition coefficient (Wildman–Crippen LogP) is 2.89. The highest BCUT2D eigenvalue weighted by Gasteiger charge is 2.21. The first kappa shape index (κ1) is 15.3. The average Bonchev–Trinajstić information content (AvgIpc) is 2.73. The first-order chi connectivity index (χ1) is 9.93. The number of carbonyl (C=O) groups is 2. The number of hydrogen-bond acceptors (Lipinski definition) is 6. The molecule has 21 heavy (non-hydrogen) atoms. The van der Waals surface area contributed by atoms with Crippen LogP contribution in [0.3, 0.4) is 0 Å². The topological polar surface area (TPSA) is 89.6 Å². The Morgan fingerprint density at radius 1 is 1.38 bits per heavy atom. The first-order valence-electron chi connectivity index (χ1n) is 6.64. The molecule has 1 aromatic heterocycles. The second-order valence-corrected chi connectivity index (χ2v) is 5.81. The number of aromatic hydroxyl groups is 1. The minimum absolute atomic E-state index is 0.0679. The van der Waals surface area contributed by atoms with Crippen molar-refractivity contribution < 1.29 is 19.4 Å². The number of carbonyl (C=O) groups excluding carboxylic acids is 2. The van der Waals surface area contributed by atoms with Gasteiger partial charge in [0.05, 0.1) is 11.3 Å². The number of phenols is 1. The lowest BCUT2D eigenvalue weighted by molar-refractivity contribution is -0.116. The fourth-order valence-corrected chi connectivity index (χ4v) is 3.09. The molecule has 0 spiro atoms. The molecule has 1 aromatic carbocycles. The van der Waals surface area contributed by atoms with Gasteiger partial charge in [-0.3, -0.25) is 0 Å². The summed E-state index contributed by atoms with van der Waals surface area (Å²) in [6, 6.07) is 3.40. The number of Topliss-reactive ketones (excluding diaryl/α,β-unsaturated/α-hetero) is 1. The third-order valence-electron chi connectivity index (χ3n) is 3.10. The number of thiophene rings is 1. The molecule has 3 N–H and O–H groups in total. The molecule has 0 amide bonds. The average molecular weight is 307 g/mol. The van der Waals surface area contributed by atoms with E-state index in [4.69, 9.17) is 10.5 Å². The van der Waals surface area contributed by atoms with E-state index < -0.39 is 5.97 Å². The van der Waals surface area contributed by atoms with Gasteiger partial charge in [-0.15, -0.1) is 11.3 Å². The molecule has 1 heterocycles. The van der Waals surface area contributed by atoms with Crippen LogP contribution in [0.25, 0.3) is 10.1 Å². The van der Waals surface area contributed by atoms with E-state index in [1.807, 2.05) is 0 Å². The van der Waals surface area contributed by atoms with Gasteiger partial charge in [-0.1, -0.05) is 0 Å². The van der Waals surface area contributed by atoms with E-state index in [9.17, 15) is 14.7 Å². The number of hydrogen-bond donors (Lipinski definition) is 2. The molecule has 112 valence electrons. The Morgan fingerprint density at radius 3 is 2.71 bits per heavy atom. The molecule has 5 nitrogen and oxygen atoms in total. The Bertz CT molecular complexity index is 705. The van der Waals surface area contributed by atoms with Gasteiger partial charge in [0.2, 0.25) is 0 Å². The van der Waals surface area contributed by atoms with Crippen LogP contribution in [0, 0.1) is 0 Å². The molecule has 2 aromatic rings. The second kappa shape index (κ2) is 6.13. The summed E-state index contributed by atoms with van der Waals surface area (Å²) in [5, 5.41) is 11.0. The van der Waals surface area contributed by atoms with E-state index in [0.717, 1.165) is 16.9 Å². The molecule has 0 aliphatic carbocycles. The number of ether oxygens (including phenoxy) is 1. The van der Waals surface area contributed by atoms with Crippen molar-refractivity contribution >= 4 is 38.2 Å². The van der Waals surface area contributed by atoms with Crippen molar-refractivity contribution in [3.05, 3.63) is 23.3 Å². The van der Waals surface area contributed by atoms with Crippen LogP contribution in [0.5, 0.6) is 5.75 Å². The SMILES string of the molecule is CCOC(=O)c1c(N)sc2c(O)cc(CCC(C)=O)cc12. The predicted molar refractivity (Wildman–Crippen MR) is 82.9 cm³/mol. The van der Waals surface area contributed by atoms with Crippen molar-refractivity contribution in [2.75, 3.05) is 12.3 Å². The number of nitrogen functional groups attached to an aromatic ring is 1. The van der Waals surface area contributed by atoms with E-state index in [0.29, 0.717) is 27.9 Å². The van der Waals surface area contributed by atoms with Crippen molar-refractivity contribution in [2.24, 2.45) is 0 Å². The molecule has 0 radical (unpaired) electrons. The molecule has 0 bridgehead atoms. The van der Waals surface area contributed by atoms with Crippen molar-refractivity contribution in [3.8, 4) is 5.75 Å². The Morgan fingerprint density at radius 2 is 2.10 bits per heavy atom. The molecule has 0 saturated heterocycles. The van der Waals surface area contributed by atoms with E-state index in [1.165, 1.54) is 6.92 Å². The second-order valence-electron chi connectivity index (χ2n) is 4.76. The van der Waals surface area contributed by atoms with Crippen LogP contribution >= 0.6 is 11.3 Å². The zero-order valence-electron chi connectivity index (χ0n) is 11.9. The van der Waals surface area contributed by atoms with Gasteiger partial charge in [-0.05, 0) is 38.0 Å². The number of esters is 1. The summed E-state index contributed by atoms with van der Waals surface area (Å²) < 4.78 is 5.56. The van der Waals surface area contributed by atoms with Crippen LogP contribution in [-0.4, -0.2) is 23.5 Å². The number of benzene rings is 1. The van der Waals surface area contributed by atoms with Gasteiger partial charge in [0, 0.05) is 11.8 Å². The zero-order valence-corrected chi connectivity index (χ0v) is 12.8. The largest absolute Gasteiger partial charge is 0.506 e. The number of rotatable bonds is 5. The Balaban J connectivity index is 2.51. The Labute approximate surface area is 126 Å². The van der Waals surface area contributed by atoms with Crippen molar-refractivity contribution in [2.45, 2.75) is 26.7 Å². The first-order valence-corrected chi connectivity index (χ1v) is 7.46. The van der Waals surface area contributed by atoms with Gasteiger partial charge >= 0.3 is 5.97 Å². The lowest BCUT2D eigenvalue weighted by Crippen LogP contribution is -2.06. The smallest absolute Gasteiger partial charge is 0.341 e. The highest BCUT2D eigenvalue weighted by Crippen LogP contribution is 2.40. The van der Waals surface area contributed by atoms with Crippen molar-refractivity contribution in [1.29, 1.82) is 0 Å². The third kappa shape index (κ3) is 3.16. The maximum atomic E-state index is 12.0. The summed E-state index contributed by atoms with van der Waals surface area (Å²) in [6.07, 6.45) is 0.899. The zero-order chi connectivity index (χ0) is 15.6. The third-order valence-corrected chi connectivity index (χ3v) is 4.16. The van der Waals surface area contributed by atoms with Gasteiger partial charge in [-0.25, -0.2) is 4.79 Å². The normalized spacial score (nSPS) is 10.8. The summed E-state index contributed by atoms with van der Waals surface area (Å²) in [7, 11) is 0. The number of phenolic OH excluding ortho intramolecular Hbond substituents is 1. The van der Waals surface area contributed by atoms with Crippen LogP contribution in [0.15, 0.2) is 12.1 Å². The summed E-state index contributed by atoms with van der Waals surface area (Å²) in [4.78, 5) is 23.1. The molecule has 0 saturated carbocycles. The fraction of sp³-hybridized carbons (Fsp3) is 0.333. The van der Waals surface area contributed by atoms with Crippen LogP contribution < -0.4 is 5.73 Å². The highest BCUT2D eigenvalue weighted by atomic mass is 32.1. The number of anilines is 1. The van der Waals surface area contributed by atoms with Crippen molar-refractivity contribution in [1.82, 2.24) is 0 Å². The number of nitrogens with two attached hydrogens (primary N) is 1. The standard InChI is InChI=1S/C15H17NO4S/c1-3-20-15(19)12-10-6-9(5-4-8(2)17)7-11(18)13(10)21-14(12)16/h6-7,18H,3-5,16H2,1-2H3. The van der Waals surface area contributed by atoms with Crippen LogP contribution in [0.1, 0.15) is 36.2 Å². The molecule has 0 unspecified atom stereocenters. The van der Waals surface area contributed by atoms with Crippen LogP contribution in [0.2, 0.25) is 0 Å². The number of fused-ring (bicyclic) bond motifs is 1. The molecule has 0 fully saturated rings. The number of ketones is 1. The fourth-order valence-electron chi connectivity index (χ4n) is 2.14. The lowest BCUT2D eigenvalue weighted by Gasteiger charge is -2.05. The van der Waals surface area contributed by atoms with Gasteiger partial charge in [0.1, 0.15) is 22.1 Å². The molecule has 0 atom stereocenters. The summed E-state index contributed by atoms with van der Waals surface area (Å²) >= 11 is 1.15. The van der Waals surface area contributed by atoms with E-state index in [2.05, 4.69) is 0 Å². The highest BCUT2D eigenvalue weighted by molar-refractivity contribution is 7.23. The molecule has 2 rings (SSSR count). The maximum Gasteiger partial charge on any atom is 0.341 e. The number of aryl methyl sites for hydroxylation is 1. The van der Waals surface area contributed by atoms with Crippen LogP contribution in [-0.2, 0) is 16.0 Å². The Hall–Kier alpha value is -2.08. The summed E-state index contributed by atoms with van der Waals surface area (Å²) in [6.45, 7) is 3.50. The molecular formula is C15H17NO4S. The molecule has 6 heteroatoms. The van der Waals surface area contributed by atoms with E-state index in [1.54, 1.807) is 19.1 Å². The summed E-state index contributed by atoms with van der Waals surface area (Å²) in [5.74, 6) is -0.354. The van der Waals surface area contributed by atoms with Gasteiger partial charge in [-0.2, -0.15) is 0 Å².